The second-order valence-corrected chi connectivity index (χ2v) is 12.5. The van der Waals surface area contributed by atoms with Crippen molar-refractivity contribution in [3.63, 3.8) is 0 Å². The summed E-state index contributed by atoms with van der Waals surface area (Å²) in [6, 6.07) is 0.414. The molecule has 0 aliphatic carbocycles. The average Bonchev–Trinajstić information content (AvgIpc) is 2.48. The Hall–Kier alpha value is -1.63. The van der Waals surface area contributed by atoms with Gasteiger partial charge in [-0.15, -0.1) is 0 Å². The maximum absolute atomic E-state index is 6.44. The molecule has 0 amide bonds. The molecule has 0 radical (unpaired) electrons. The van der Waals surface area contributed by atoms with E-state index in [-0.39, 0.29) is 34.2 Å². The Labute approximate surface area is 189 Å². The number of piperidine rings is 2. The Morgan fingerprint density at radius 2 is 1.19 bits per heavy atom. The van der Waals surface area contributed by atoms with Gasteiger partial charge in [0.15, 0.2) is 0 Å². The van der Waals surface area contributed by atoms with Gasteiger partial charge in [0.05, 0.1) is 0 Å². The fraction of sp³-hybridized carbons (Fsp3) is 0.875. The van der Waals surface area contributed by atoms with E-state index < -0.39 is 0 Å². The molecule has 2 aliphatic heterocycles. The first-order chi connectivity index (χ1) is 14.1. The van der Waals surface area contributed by atoms with Crippen LogP contribution in [-0.4, -0.2) is 49.2 Å². The summed E-state index contributed by atoms with van der Waals surface area (Å²) in [6.07, 6.45) is 5.28. The van der Waals surface area contributed by atoms with Gasteiger partial charge >= 0.3 is 0 Å². The van der Waals surface area contributed by atoms with Crippen LogP contribution in [0, 0.1) is 0 Å². The molecule has 2 fully saturated rings. The number of nitrogens with two attached hydrogens (primary N) is 1. The lowest BCUT2D eigenvalue weighted by Crippen LogP contribution is -2.64. The van der Waals surface area contributed by atoms with E-state index in [0.29, 0.717) is 5.95 Å². The van der Waals surface area contributed by atoms with E-state index in [0.717, 1.165) is 37.6 Å². The number of hydrogen-bond acceptors (Lipinski definition) is 7. The van der Waals surface area contributed by atoms with Gasteiger partial charge in [0.2, 0.25) is 17.8 Å². The molecule has 0 spiro atoms. The highest BCUT2D eigenvalue weighted by Crippen LogP contribution is 2.43. The monoisotopic (exact) mass is 431 g/mol. The Morgan fingerprint density at radius 3 is 1.61 bits per heavy atom. The van der Waals surface area contributed by atoms with Crippen molar-refractivity contribution in [2.24, 2.45) is 5.73 Å². The van der Waals surface area contributed by atoms with Crippen molar-refractivity contribution in [3.8, 4) is 0 Å². The number of nitrogens with one attached hydrogen (secondary N) is 1. The van der Waals surface area contributed by atoms with Crippen molar-refractivity contribution < 1.29 is 0 Å². The van der Waals surface area contributed by atoms with E-state index in [9.17, 15) is 0 Å². The number of rotatable bonds is 4. The van der Waals surface area contributed by atoms with Crippen LogP contribution >= 0.6 is 0 Å². The molecule has 2 aliphatic rings. The third-order valence-corrected chi connectivity index (χ3v) is 6.95. The van der Waals surface area contributed by atoms with Crippen molar-refractivity contribution in [3.05, 3.63) is 0 Å². The normalized spacial score (nSPS) is 25.0. The molecule has 1 aromatic rings. The van der Waals surface area contributed by atoms with Gasteiger partial charge < -0.3 is 20.9 Å². The SMILES string of the molecule is CC(C)Nc1nc(N2C(C)(C)CCCC2(C)C)nc(N2C(C)(C)CC(N)CC2(C)C)n1. The Balaban J connectivity index is 2.18. The largest absolute Gasteiger partial charge is 0.352 e. The summed E-state index contributed by atoms with van der Waals surface area (Å²) in [5.41, 5.74) is 6.09. The van der Waals surface area contributed by atoms with E-state index in [1.54, 1.807) is 0 Å². The molecular formula is C24H45N7. The van der Waals surface area contributed by atoms with E-state index in [4.69, 9.17) is 20.7 Å². The van der Waals surface area contributed by atoms with Crippen molar-refractivity contribution in [2.45, 2.75) is 136 Å². The third kappa shape index (κ3) is 4.76. The highest BCUT2D eigenvalue weighted by molar-refractivity contribution is 5.52. The van der Waals surface area contributed by atoms with Gasteiger partial charge in [0.1, 0.15) is 0 Å². The summed E-state index contributed by atoms with van der Waals surface area (Å²) in [5, 5.41) is 3.44. The second-order valence-electron chi connectivity index (χ2n) is 12.5. The Bertz CT molecular complexity index is 763. The zero-order valence-corrected chi connectivity index (χ0v) is 21.5. The van der Waals surface area contributed by atoms with E-state index in [1.807, 2.05) is 0 Å². The number of aromatic nitrogens is 3. The minimum Gasteiger partial charge on any atom is -0.352 e. The van der Waals surface area contributed by atoms with Crippen LogP contribution in [0.4, 0.5) is 17.8 Å². The molecule has 3 N–H and O–H groups in total. The maximum Gasteiger partial charge on any atom is 0.232 e. The van der Waals surface area contributed by atoms with E-state index >= 15 is 0 Å². The molecule has 7 heteroatoms. The summed E-state index contributed by atoms with van der Waals surface area (Å²) in [5.74, 6) is 2.16. The molecule has 0 unspecified atom stereocenters. The summed E-state index contributed by atoms with van der Waals surface area (Å²) in [4.78, 5) is 19.8. The minimum atomic E-state index is -0.151. The van der Waals surface area contributed by atoms with Crippen molar-refractivity contribution in [2.75, 3.05) is 15.1 Å². The van der Waals surface area contributed by atoms with Crippen LogP contribution in [0.5, 0.6) is 0 Å². The predicted molar refractivity (Wildman–Crippen MR) is 131 cm³/mol. The van der Waals surface area contributed by atoms with Crippen LogP contribution in [-0.2, 0) is 0 Å². The fourth-order valence-electron chi connectivity index (χ4n) is 6.31. The van der Waals surface area contributed by atoms with Gasteiger partial charge in [-0.05, 0) is 101 Å². The second kappa shape index (κ2) is 7.75. The number of anilines is 3. The van der Waals surface area contributed by atoms with Crippen molar-refractivity contribution in [1.29, 1.82) is 0 Å². The quantitative estimate of drug-likeness (QED) is 0.713. The molecule has 3 heterocycles. The van der Waals surface area contributed by atoms with Gasteiger partial charge in [-0.3, -0.25) is 0 Å². The van der Waals surface area contributed by atoms with Gasteiger partial charge in [0, 0.05) is 34.2 Å². The van der Waals surface area contributed by atoms with Gasteiger partial charge in [-0.25, -0.2) is 0 Å². The topological polar surface area (TPSA) is 83.2 Å². The molecule has 2 saturated heterocycles. The number of hydrogen-bond donors (Lipinski definition) is 2. The highest BCUT2D eigenvalue weighted by atomic mass is 15.4. The first-order valence-corrected chi connectivity index (χ1v) is 11.9. The first kappa shape index (κ1) is 24.0. The summed E-state index contributed by atoms with van der Waals surface area (Å²) < 4.78 is 0. The first-order valence-electron chi connectivity index (χ1n) is 11.9. The number of nitrogens with zero attached hydrogens (tertiary/aromatic N) is 5. The van der Waals surface area contributed by atoms with Crippen LogP contribution in [0.3, 0.4) is 0 Å². The van der Waals surface area contributed by atoms with Crippen LogP contribution in [0.1, 0.15) is 101 Å². The molecule has 176 valence electrons. The van der Waals surface area contributed by atoms with Crippen molar-refractivity contribution in [1.82, 2.24) is 15.0 Å². The summed E-state index contributed by atoms with van der Waals surface area (Å²) >= 11 is 0. The predicted octanol–water partition coefficient (Wildman–Crippen LogP) is 4.72. The summed E-state index contributed by atoms with van der Waals surface area (Å²) in [6.45, 7) is 22.5. The van der Waals surface area contributed by atoms with Crippen LogP contribution in [0.15, 0.2) is 0 Å². The zero-order chi connectivity index (χ0) is 23.4. The maximum atomic E-state index is 6.44. The van der Waals surface area contributed by atoms with Crippen molar-refractivity contribution >= 4 is 17.8 Å². The minimum absolute atomic E-state index is 0.0231. The lowest BCUT2D eigenvalue weighted by molar-refractivity contribution is 0.215. The third-order valence-electron chi connectivity index (χ3n) is 6.95. The van der Waals surface area contributed by atoms with Gasteiger partial charge in [0.25, 0.3) is 0 Å². The lowest BCUT2D eigenvalue weighted by atomic mass is 9.77. The van der Waals surface area contributed by atoms with Crippen LogP contribution < -0.4 is 20.9 Å². The molecule has 1 aromatic heterocycles. The Kier molecular flexibility index (Phi) is 6.00. The zero-order valence-electron chi connectivity index (χ0n) is 21.5. The molecular weight excluding hydrogens is 386 g/mol. The lowest BCUT2D eigenvalue weighted by Gasteiger charge is -2.55. The molecule has 3 rings (SSSR count). The van der Waals surface area contributed by atoms with Gasteiger partial charge in [-0.2, -0.15) is 15.0 Å². The average molecular weight is 432 g/mol. The molecule has 0 aromatic carbocycles. The van der Waals surface area contributed by atoms with Gasteiger partial charge in [-0.1, -0.05) is 0 Å². The van der Waals surface area contributed by atoms with Crippen LogP contribution in [0.2, 0.25) is 0 Å². The van der Waals surface area contributed by atoms with E-state index in [1.165, 1.54) is 6.42 Å². The summed E-state index contributed by atoms with van der Waals surface area (Å²) in [7, 11) is 0. The molecule has 0 bridgehead atoms. The molecule has 7 nitrogen and oxygen atoms in total. The standard InChI is InChI=1S/C24H45N7/c1-16(2)26-18-27-19(30-21(3,4)12-11-13-22(30,5)6)29-20(28-18)31-23(7,8)14-17(25)15-24(31,9)10/h16-17H,11-15,25H2,1-10H3,(H,26,27,28,29). The highest BCUT2D eigenvalue weighted by Gasteiger charge is 2.47. The van der Waals surface area contributed by atoms with E-state index in [2.05, 4.69) is 84.4 Å². The molecule has 0 atom stereocenters. The smallest absolute Gasteiger partial charge is 0.232 e. The van der Waals surface area contributed by atoms with Crippen LogP contribution in [0.25, 0.3) is 0 Å². The molecule has 0 saturated carbocycles. The Morgan fingerprint density at radius 1 is 0.774 bits per heavy atom. The fourth-order valence-corrected chi connectivity index (χ4v) is 6.31. The molecule has 31 heavy (non-hydrogen) atoms.